The minimum atomic E-state index is -0.692. The Morgan fingerprint density at radius 3 is 2.43 bits per heavy atom. The Hall–Kier alpha value is -2.64. The summed E-state index contributed by atoms with van der Waals surface area (Å²) in [6.07, 6.45) is 10.5. The van der Waals surface area contributed by atoms with Crippen LogP contribution < -0.4 is 16.0 Å². The number of carbonyl (C=O) groups excluding carboxylic acids is 3. The first kappa shape index (κ1) is 25.5. The summed E-state index contributed by atoms with van der Waals surface area (Å²) in [4.78, 5) is 37.7. The molecule has 192 valence electrons. The predicted octanol–water partition coefficient (Wildman–Crippen LogP) is 3.45. The van der Waals surface area contributed by atoms with Crippen molar-refractivity contribution in [1.29, 1.82) is 0 Å². The fourth-order valence-corrected chi connectivity index (χ4v) is 6.98. The highest BCUT2D eigenvalue weighted by Crippen LogP contribution is 2.55. The molecule has 5 rings (SSSR count). The Kier molecular flexibility index (Phi) is 6.86. The van der Waals surface area contributed by atoms with Gasteiger partial charge in [0.15, 0.2) is 0 Å². The number of carbonyl (C=O) groups is 3. The van der Waals surface area contributed by atoms with Gasteiger partial charge in [0.2, 0.25) is 11.8 Å². The number of aromatic nitrogens is 2. The van der Waals surface area contributed by atoms with Crippen LogP contribution in [-0.4, -0.2) is 45.6 Å². The highest BCUT2D eigenvalue weighted by Gasteiger charge is 2.56. The standard InChI is InChI=1S/C27H41N5O3/c1-7-28-25(35)26(5,6)8-9-32-23(16(2)3)21(15-29-32)24(34)30-22-19-10-18-11-20(22)14-27(12-18,13-19)31-17(4)33/h8-9,15-16,18-20,22H,7,10-14H2,1-6H3,(H,28,35)(H,30,34)(H,31,33)/b9-8+. The van der Waals surface area contributed by atoms with Crippen LogP contribution in [0.4, 0.5) is 0 Å². The third-order valence-corrected chi connectivity index (χ3v) is 8.19. The van der Waals surface area contributed by atoms with Crippen LogP contribution in [0, 0.1) is 23.2 Å². The number of hydrogen-bond acceptors (Lipinski definition) is 4. The van der Waals surface area contributed by atoms with Crippen LogP contribution >= 0.6 is 0 Å². The quantitative estimate of drug-likeness (QED) is 0.527. The van der Waals surface area contributed by atoms with Gasteiger partial charge in [0.1, 0.15) is 0 Å². The van der Waals surface area contributed by atoms with Gasteiger partial charge in [-0.3, -0.25) is 14.4 Å². The van der Waals surface area contributed by atoms with Crippen molar-refractivity contribution in [2.45, 2.75) is 91.1 Å². The largest absolute Gasteiger partial charge is 0.356 e. The van der Waals surface area contributed by atoms with Crippen molar-refractivity contribution >= 4 is 23.9 Å². The first-order valence-corrected chi connectivity index (χ1v) is 13.1. The second-order valence-corrected chi connectivity index (χ2v) is 11.9. The molecule has 8 heteroatoms. The van der Waals surface area contributed by atoms with Gasteiger partial charge in [-0.1, -0.05) is 19.9 Å². The number of amides is 3. The van der Waals surface area contributed by atoms with Crippen molar-refractivity contribution < 1.29 is 14.4 Å². The lowest BCUT2D eigenvalue weighted by Gasteiger charge is -2.60. The second-order valence-electron chi connectivity index (χ2n) is 11.9. The molecule has 0 spiro atoms. The fourth-order valence-electron chi connectivity index (χ4n) is 6.98. The molecule has 1 aromatic rings. The van der Waals surface area contributed by atoms with E-state index in [0.29, 0.717) is 29.9 Å². The molecule has 3 N–H and O–H groups in total. The van der Waals surface area contributed by atoms with E-state index in [1.807, 2.05) is 40.7 Å². The predicted molar refractivity (Wildman–Crippen MR) is 135 cm³/mol. The van der Waals surface area contributed by atoms with E-state index in [-0.39, 0.29) is 35.2 Å². The SMILES string of the molecule is CCNC(=O)C(C)(C)/C=C/n1ncc(C(=O)NC2C3CC4CC2CC(NC(C)=O)(C4)C3)c1C(C)C. The summed E-state index contributed by atoms with van der Waals surface area (Å²) in [5, 5.41) is 14.0. The minimum Gasteiger partial charge on any atom is -0.356 e. The molecule has 0 saturated heterocycles. The maximum atomic E-state index is 13.5. The first-order valence-electron chi connectivity index (χ1n) is 13.1. The van der Waals surface area contributed by atoms with Gasteiger partial charge in [-0.15, -0.1) is 0 Å². The zero-order valence-corrected chi connectivity index (χ0v) is 22.0. The highest BCUT2D eigenvalue weighted by atomic mass is 16.2. The average Bonchev–Trinajstić information content (AvgIpc) is 3.18. The molecule has 4 aliphatic rings. The number of nitrogens with one attached hydrogen (secondary N) is 3. The van der Waals surface area contributed by atoms with Crippen molar-refractivity contribution in [3.05, 3.63) is 23.5 Å². The Balaban J connectivity index is 1.51. The lowest BCUT2D eigenvalue weighted by atomic mass is 9.51. The average molecular weight is 484 g/mol. The molecule has 8 nitrogen and oxygen atoms in total. The van der Waals surface area contributed by atoms with Gasteiger partial charge >= 0.3 is 0 Å². The van der Waals surface area contributed by atoms with Crippen LogP contribution in [0.1, 0.15) is 95.6 Å². The normalized spacial score (nSPS) is 29.6. The summed E-state index contributed by atoms with van der Waals surface area (Å²) >= 11 is 0. The zero-order valence-electron chi connectivity index (χ0n) is 22.0. The molecule has 3 amide bonds. The lowest BCUT2D eigenvalue weighted by Crippen LogP contribution is -2.66. The van der Waals surface area contributed by atoms with Gasteiger partial charge < -0.3 is 16.0 Å². The summed E-state index contributed by atoms with van der Waals surface area (Å²) in [6, 6.07) is 0.136. The van der Waals surface area contributed by atoms with Gasteiger partial charge in [0.25, 0.3) is 5.91 Å². The van der Waals surface area contributed by atoms with E-state index < -0.39 is 5.41 Å². The van der Waals surface area contributed by atoms with Crippen LogP contribution in [0.15, 0.2) is 12.3 Å². The third kappa shape index (κ3) is 5.02. The highest BCUT2D eigenvalue weighted by molar-refractivity contribution is 5.95. The third-order valence-electron chi connectivity index (χ3n) is 8.19. The van der Waals surface area contributed by atoms with Crippen molar-refractivity contribution in [2.75, 3.05) is 6.54 Å². The fraction of sp³-hybridized carbons (Fsp3) is 0.704. The van der Waals surface area contributed by atoms with Crippen LogP contribution in [0.3, 0.4) is 0 Å². The van der Waals surface area contributed by atoms with Crippen LogP contribution in [0.2, 0.25) is 0 Å². The lowest BCUT2D eigenvalue weighted by molar-refractivity contribution is -0.127. The molecule has 2 atom stereocenters. The van der Waals surface area contributed by atoms with Crippen molar-refractivity contribution in [2.24, 2.45) is 23.2 Å². The smallest absolute Gasteiger partial charge is 0.255 e. The molecule has 0 radical (unpaired) electrons. The number of nitrogens with zero attached hydrogens (tertiary/aromatic N) is 2. The molecule has 2 unspecified atom stereocenters. The summed E-state index contributed by atoms with van der Waals surface area (Å²) in [5.74, 6) is 1.43. The topological polar surface area (TPSA) is 105 Å². The van der Waals surface area contributed by atoms with Crippen molar-refractivity contribution in [3.8, 4) is 0 Å². The molecule has 4 bridgehead atoms. The van der Waals surface area contributed by atoms with Gasteiger partial charge in [-0.05, 0) is 76.5 Å². The molecule has 0 aliphatic heterocycles. The Bertz CT molecular complexity index is 1010. The van der Waals surface area contributed by atoms with Gasteiger partial charge in [0.05, 0.1) is 22.9 Å². The Labute approximate surface area is 208 Å². The van der Waals surface area contributed by atoms with E-state index in [1.54, 1.807) is 24.0 Å². The molecule has 0 aromatic carbocycles. The van der Waals surface area contributed by atoms with E-state index in [9.17, 15) is 14.4 Å². The molecule has 4 fully saturated rings. The van der Waals surface area contributed by atoms with Gasteiger partial charge in [-0.2, -0.15) is 5.10 Å². The number of hydrogen-bond donors (Lipinski definition) is 3. The maximum absolute atomic E-state index is 13.5. The van der Waals surface area contributed by atoms with Crippen LogP contribution in [-0.2, 0) is 9.59 Å². The molecule has 4 saturated carbocycles. The van der Waals surface area contributed by atoms with E-state index in [2.05, 4.69) is 21.0 Å². The monoisotopic (exact) mass is 483 g/mol. The Morgan fingerprint density at radius 2 is 1.86 bits per heavy atom. The van der Waals surface area contributed by atoms with Crippen molar-refractivity contribution in [1.82, 2.24) is 25.7 Å². The van der Waals surface area contributed by atoms with E-state index in [1.165, 1.54) is 0 Å². The van der Waals surface area contributed by atoms with E-state index >= 15 is 0 Å². The van der Waals surface area contributed by atoms with Gasteiger partial charge in [0, 0.05) is 31.2 Å². The molecule has 1 heterocycles. The summed E-state index contributed by atoms with van der Waals surface area (Å²) < 4.78 is 1.73. The number of rotatable bonds is 8. The van der Waals surface area contributed by atoms with E-state index in [4.69, 9.17) is 0 Å². The molecular formula is C27H41N5O3. The van der Waals surface area contributed by atoms with Crippen molar-refractivity contribution in [3.63, 3.8) is 0 Å². The van der Waals surface area contributed by atoms with Crippen LogP contribution in [0.25, 0.3) is 6.20 Å². The Morgan fingerprint density at radius 1 is 1.20 bits per heavy atom. The molecular weight excluding hydrogens is 442 g/mol. The minimum absolute atomic E-state index is 0.0462. The molecule has 1 aromatic heterocycles. The van der Waals surface area contributed by atoms with Gasteiger partial charge in [-0.25, -0.2) is 4.68 Å². The summed E-state index contributed by atoms with van der Waals surface area (Å²) in [5.41, 5.74) is 0.650. The van der Waals surface area contributed by atoms with E-state index in [0.717, 1.165) is 37.8 Å². The summed E-state index contributed by atoms with van der Waals surface area (Å²) in [6.45, 7) is 11.9. The zero-order chi connectivity index (χ0) is 25.5. The first-order chi connectivity index (χ1) is 16.4. The van der Waals surface area contributed by atoms with Crippen LogP contribution in [0.5, 0.6) is 0 Å². The maximum Gasteiger partial charge on any atom is 0.255 e. The summed E-state index contributed by atoms with van der Waals surface area (Å²) in [7, 11) is 0. The molecule has 35 heavy (non-hydrogen) atoms. The molecule has 4 aliphatic carbocycles. The second kappa shape index (κ2) is 9.43.